The van der Waals surface area contributed by atoms with E-state index in [4.69, 9.17) is 4.74 Å². The van der Waals surface area contributed by atoms with Crippen molar-refractivity contribution in [2.24, 2.45) is 0 Å². The van der Waals surface area contributed by atoms with Gasteiger partial charge in [-0.05, 0) is 43.7 Å². The summed E-state index contributed by atoms with van der Waals surface area (Å²) in [5, 5.41) is 2.92. The Labute approximate surface area is 166 Å². The van der Waals surface area contributed by atoms with E-state index in [9.17, 15) is 9.59 Å². The van der Waals surface area contributed by atoms with Gasteiger partial charge in [0.25, 0.3) is 5.91 Å². The number of carbonyl (C=O) groups excluding carboxylic acids is 2. The van der Waals surface area contributed by atoms with E-state index in [0.29, 0.717) is 19.6 Å². The monoisotopic (exact) mass is 381 g/mol. The van der Waals surface area contributed by atoms with E-state index in [1.807, 2.05) is 80.4 Å². The molecule has 3 rings (SSSR count). The van der Waals surface area contributed by atoms with Crippen LogP contribution in [-0.2, 0) is 16.9 Å². The van der Waals surface area contributed by atoms with Crippen LogP contribution in [0.5, 0.6) is 5.75 Å². The molecule has 0 aliphatic carbocycles. The lowest BCUT2D eigenvalue weighted by Crippen LogP contribution is -2.44. The normalized spacial score (nSPS) is 19.2. The van der Waals surface area contributed by atoms with Crippen molar-refractivity contribution in [3.8, 4) is 5.75 Å². The first-order chi connectivity index (χ1) is 13.5. The second kappa shape index (κ2) is 8.44. The van der Waals surface area contributed by atoms with Crippen LogP contribution in [0.1, 0.15) is 31.4 Å². The van der Waals surface area contributed by atoms with E-state index >= 15 is 0 Å². The highest BCUT2D eigenvalue weighted by molar-refractivity contribution is 6.07. The molecule has 1 heterocycles. The predicted octanol–water partition coefficient (Wildman–Crippen LogP) is 3.33. The highest BCUT2D eigenvalue weighted by atomic mass is 16.5. The van der Waals surface area contributed by atoms with Crippen molar-refractivity contribution < 1.29 is 14.3 Å². The summed E-state index contributed by atoms with van der Waals surface area (Å²) in [4.78, 5) is 29.0. The molecule has 1 aliphatic heterocycles. The number of imide groups is 1. The van der Waals surface area contributed by atoms with Crippen LogP contribution in [-0.4, -0.2) is 42.1 Å². The highest BCUT2D eigenvalue weighted by Crippen LogP contribution is 2.32. The first-order valence-electron chi connectivity index (χ1n) is 9.60. The Morgan fingerprint density at radius 3 is 2.32 bits per heavy atom. The van der Waals surface area contributed by atoms with Crippen molar-refractivity contribution in [3.63, 3.8) is 0 Å². The Morgan fingerprint density at radius 1 is 1.04 bits per heavy atom. The van der Waals surface area contributed by atoms with Crippen molar-refractivity contribution in [2.75, 3.05) is 20.3 Å². The van der Waals surface area contributed by atoms with Crippen molar-refractivity contribution in [1.82, 2.24) is 15.1 Å². The fourth-order valence-electron chi connectivity index (χ4n) is 3.58. The average molecular weight is 381 g/mol. The maximum absolute atomic E-state index is 13.2. The minimum absolute atomic E-state index is 0.204. The second-order valence-electron chi connectivity index (χ2n) is 7.02. The van der Waals surface area contributed by atoms with Crippen LogP contribution in [0.4, 0.5) is 4.79 Å². The fourth-order valence-corrected chi connectivity index (χ4v) is 3.58. The van der Waals surface area contributed by atoms with E-state index in [0.717, 1.165) is 16.9 Å². The van der Waals surface area contributed by atoms with Gasteiger partial charge in [0, 0.05) is 6.54 Å². The van der Waals surface area contributed by atoms with Crippen molar-refractivity contribution in [3.05, 3.63) is 65.7 Å². The van der Waals surface area contributed by atoms with Crippen LogP contribution in [0.25, 0.3) is 0 Å². The van der Waals surface area contributed by atoms with E-state index < -0.39 is 5.54 Å². The molecule has 2 aromatic rings. The Bertz CT molecular complexity index is 823. The molecule has 1 fully saturated rings. The highest BCUT2D eigenvalue weighted by Gasteiger charge is 2.51. The number of amides is 3. The van der Waals surface area contributed by atoms with Crippen LogP contribution in [0.2, 0.25) is 0 Å². The molecule has 1 aliphatic rings. The topological polar surface area (TPSA) is 61.9 Å². The van der Waals surface area contributed by atoms with Gasteiger partial charge in [-0.1, -0.05) is 49.4 Å². The summed E-state index contributed by atoms with van der Waals surface area (Å²) in [5.41, 5.74) is 0.911. The number of benzene rings is 2. The van der Waals surface area contributed by atoms with Gasteiger partial charge in [-0.15, -0.1) is 0 Å². The SMILES string of the molecule is CCOc1ccc(CN(C)CN2C(=O)N[C@@](CC)(c3ccccc3)C2=O)cc1. The lowest BCUT2D eigenvalue weighted by molar-refractivity contribution is -0.133. The van der Waals surface area contributed by atoms with Gasteiger partial charge in [0.15, 0.2) is 0 Å². The van der Waals surface area contributed by atoms with Gasteiger partial charge in [-0.25, -0.2) is 9.69 Å². The molecule has 1 atom stereocenters. The number of nitrogens with zero attached hydrogens (tertiary/aromatic N) is 2. The molecule has 1 N–H and O–H groups in total. The molecule has 0 radical (unpaired) electrons. The minimum Gasteiger partial charge on any atom is -0.494 e. The molecule has 0 spiro atoms. The van der Waals surface area contributed by atoms with E-state index in [1.54, 1.807) is 0 Å². The zero-order valence-electron chi connectivity index (χ0n) is 16.6. The lowest BCUT2D eigenvalue weighted by Gasteiger charge is -2.27. The van der Waals surface area contributed by atoms with Gasteiger partial charge in [0.05, 0.1) is 13.3 Å². The maximum atomic E-state index is 13.2. The first-order valence-corrected chi connectivity index (χ1v) is 9.60. The maximum Gasteiger partial charge on any atom is 0.326 e. The smallest absolute Gasteiger partial charge is 0.326 e. The van der Waals surface area contributed by atoms with E-state index in [-0.39, 0.29) is 18.6 Å². The average Bonchev–Trinajstić information content (AvgIpc) is 2.95. The van der Waals surface area contributed by atoms with Crippen molar-refractivity contribution in [1.29, 1.82) is 0 Å². The third-order valence-electron chi connectivity index (χ3n) is 5.04. The Balaban J connectivity index is 1.70. The molecule has 0 bridgehead atoms. The van der Waals surface area contributed by atoms with Crippen LogP contribution in [0.3, 0.4) is 0 Å². The molecular weight excluding hydrogens is 354 g/mol. The summed E-state index contributed by atoms with van der Waals surface area (Å²) in [6.45, 7) is 5.34. The molecule has 148 valence electrons. The summed E-state index contributed by atoms with van der Waals surface area (Å²) in [5.74, 6) is 0.628. The quantitative estimate of drug-likeness (QED) is 0.713. The fraction of sp³-hybridized carbons (Fsp3) is 0.364. The molecule has 28 heavy (non-hydrogen) atoms. The number of hydrogen-bond acceptors (Lipinski definition) is 4. The molecule has 3 amide bonds. The van der Waals surface area contributed by atoms with E-state index in [2.05, 4.69) is 5.32 Å². The molecule has 0 unspecified atom stereocenters. The van der Waals surface area contributed by atoms with Gasteiger partial charge < -0.3 is 10.1 Å². The third kappa shape index (κ3) is 3.87. The summed E-state index contributed by atoms with van der Waals surface area (Å²) in [7, 11) is 1.89. The van der Waals surface area contributed by atoms with Gasteiger partial charge >= 0.3 is 6.03 Å². The minimum atomic E-state index is -0.988. The summed E-state index contributed by atoms with van der Waals surface area (Å²) in [6, 6.07) is 16.9. The van der Waals surface area contributed by atoms with Crippen LogP contribution < -0.4 is 10.1 Å². The zero-order chi connectivity index (χ0) is 20.1. The summed E-state index contributed by atoms with van der Waals surface area (Å²) in [6.07, 6.45) is 0.501. The first kappa shape index (κ1) is 19.9. The van der Waals surface area contributed by atoms with Gasteiger partial charge in [0.2, 0.25) is 0 Å². The van der Waals surface area contributed by atoms with Crippen LogP contribution >= 0.6 is 0 Å². The number of urea groups is 1. The molecule has 1 saturated heterocycles. The predicted molar refractivity (Wildman–Crippen MR) is 108 cm³/mol. The Kier molecular flexibility index (Phi) is 5.99. The van der Waals surface area contributed by atoms with E-state index in [1.165, 1.54) is 4.90 Å². The zero-order valence-corrected chi connectivity index (χ0v) is 16.6. The molecule has 2 aromatic carbocycles. The van der Waals surface area contributed by atoms with Gasteiger partial charge in [0.1, 0.15) is 11.3 Å². The Morgan fingerprint density at radius 2 is 1.71 bits per heavy atom. The molecule has 0 aromatic heterocycles. The largest absolute Gasteiger partial charge is 0.494 e. The Hall–Kier alpha value is -2.86. The van der Waals surface area contributed by atoms with Crippen molar-refractivity contribution >= 4 is 11.9 Å². The summed E-state index contributed by atoms with van der Waals surface area (Å²) >= 11 is 0. The van der Waals surface area contributed by atoms with Gasteiger partial charge in [-0.3, -0.25) is 9.69 Å². The van der Waals surface area contributed by atoms with Crippen LogP contribution in [0, 0.1) is 0 Å². The number of carbonyl (C=O) groups is 2. The number of nitrogens with one attached hydrogen (secondary N) is 1. The van der Waals surface area contributed by atoms with Crippen LogP contribution in [0.15, 0.2) is 54.6 Å². The summed E-state index contributed by atoms with van der Waals surface area (Å²) < 4.78 is 5.46. The van der Waals surface area contributed by atoms with Gasteiger partial charge in [-0.2, -0.15) is 0 Å². The lowest BCUT2D eigenvalue weighted by atomic mass is 9.87. The standard InChI is InChI=1S/C22H27N3O3/c1-4-22(18-9-7-6-8-10-18)20(26)25(21(27)23-22)16-24(3)15-17-11-13-19(14-12-17)28-5-2/h6-14H,4-5,15-16H2,1-3H3,(H,23,27)/t22-/m0/s1. The number of hydrogen-bond donors (Lipinski definition) is 1. The molecule has 6 nitrogen and oxygen atoms in total. The number of rotatable bonds is 8. The number of ether oxygens (including phenoxy) is 1. The molecular formula is C22H27N3O3. The second-order valence-corrected chi connectivity index (χ2v) is 7.02. The molecule has 0 saturated carbocycles. The molecule has 6 heteroatoms. The van der Waals surface area contributed by atoms with Crippen molar-refractivity contribution in [2.45, 2.75) is 32.4 Å². The third-order valence-corrected chi connectivity index (χ3v) is 5.04.